The molecule has 0 unspecified atom stereocenters. The van der Waals surface area contributed by atoms with Gasteiger partial charge in [0.05, 0.1) is 6.54 Å². The summed E-state index contributed by atoms with van der Waals surface area (Å²) >= 11 is 0. The molecule has 0 spiro atoms. The number of hydrogen-bond acceptors (Lipinski definition) is 7. The lowest BCUT2D eigenvalue weighted by molar-refractivity contribution is 0.0939. The first-order valence-electron chi connectivity index (χ1n) is 9.17. The summed E-state index contributed by atoms with van der Waals surface area (Å²) < 4.78 is 1.85. The molecule has 3 heterocycles. The molecule has 0 aromatic carbocycles. The van der Waals surface area contributed by atoms with Crippen molar-refractivity contribution in [3.63, 3.8) is 0 Å². The molecular formula is C18H28N8O. The predicted molar refractivity (Wildman–Crippen MR) is 103 cm³/mol. The Balaban J connectivity index is 1.77. The second-order valence-corrected chi connectivity index (χ2v) is 7.34. The fraction of sp³-hybridized carbons (Fsp3) is 0.611. The number of likely N-dealkylation sites (N-methyl/N-ethyl adjacent to an activating group) is 1. The summed E-state index contributed by atoms with van der Waals surface area (Å²) in [5.41, 5.74) is 1.85. The van der Waals surface area contributed by atoms with Gasteiger partial charge < -0.3 is 19.7 Å². The highest BCUT2D eigenvalue weighted by Crippen LogP contribution is 2.25. The molecule has 1 saturated heterocycles. The molecule has 0 bridgehead atoms. The lowest BCUT2D eigenvalue weighted by Crippen LogP contribution is -2.33. The van der Waals surface area contributed by atoms with E-state index in [-0.39, 0.29) is 18.3 Å². The first kappa shape index (κ1) is 19.2. The minimum Gasteiger partial charge on any atom is -0.355 e. The summed E-state index contributed by atoms with van der Waals surface area (Å²) in [6.45, 7) is 7.92. The van der Waals surface area contributed by atoms with Gasteiger partial charge in [-0.15, -0.1) is 10.2 Å². The molecule has 0 aliphatic carbocycles. The predicted octanol–water partition coefficient (Wildman–Crippen LogP) is 0.601. The third kappa shape index (κ3) is 3.92. The van der Waals surface area contributed by atoms with E-state index in [2.05, 4.69) is 49.4 Å². The van der Waals surface area contributed by atoms with E-state index in [0.29, 0.717) is 11.9 Å². The monoisotopic (exact) mass is 372 g/mol. The van der Waals surface area contributed by atoms with Crippen molar-refractivity contribution in [3.8, 4) is 0 Å². The van der Waals surface area contributed by atoms with Crippen molar-refractivity contribution in [1.29, 1.82) is 0 Å². The van der Waals surface area contributed by atoms with E-state index in [1.54, 1.807) is 0 Å². The molecule has 2 aromatic heterocycles. The Labute approximate surface area is 159 Å². The van der Waals surface area contributed by atoms with Crippen LogP contribution in [0, 0.1) is 20.8 Å². The van der Waals surface area contributed by atoms with Gasteiger partial charge in [0.25, 0.3) is 5.91 Å². The molecular weight excluding hydrogens is 344 g/mol. The van der Waals surface area contributed by atoms with Crippen molar-refractivity contribution in [2.24, 2.45) is 7.05 Å². The highest BCUT2D eigenvalue weighted by molar-refractivity contribution is 5.90. The average Bonchev–Trinajstić information content (AvgIpc) is 3.24. The Hall–Kier alpha value is -2.55. The van der Waals surface area contributed by atoms with Gasteiger partial charge in [0.2, 0.25) is 5.82 Å². The van der Waals surface area contributed by atoms with Crippen LogP contribution in [0.4, 0.5) is 5.82 Å². The summed E-state index contributed by atoms with van der Waals surface area (Å²) in [5.74, 6) is 2.24. The third-order valence-electron chi connectivity index (χ3n) is 5.35. The van der Waals surface area contributed by atoms with Gasteiger partial charge in [-0.1, -0.05) is 0 Å². The standard InChI is InChI=1S/C18H28N8O/c1-11-12(2)20-16(18(27)19-9-15-23-22-13(3)25(15)6)21-17(11)26-8-7-14(10-26)24(4)5/h14H,7-10H2,1-6H3,(H,19,27)/t14-/m1/s1. The highest BCUT2D eigenvalue weighted by Gasteiger charge is 2.27. The van der Waals surface area contributed by atoms with Gasteiger partial charge in [-0.3, -0.25) is 4.79 Å². The molecule has 1 aliphatic rings. The second kappa shape index (κ2) is 7.59. The van der Waals surface area contributed by atoms with Crippen LogP contribution in [0.5, 0.6) is 0 Å². The SMILES string of the molecule is Cc1nc(C(=O)NCc2nnc(C)n2C)nc(N2CC[C@@H](N(C)C)C2)c1C. The Kier molecular flexibility index (Phi) is 5.41. The molecule has 27 heavy (non-hydrogen) atoms. The number of hydrogen-bond donors (Lipinski definition) is 1. The topological polar surface area (TPSA) is 92.1 Å². The zero-order valence-electron chi connectivity index (χ0n) is 16.9. The van der Waals surface area contributed by atoms with E-state index < -0.39 is 0 Å². The number of anilines is 1. The molecule has 1 fully saturated rings. The van der Waals surface area contributed by atoms with Crippen molar-refractivity contribution in [3.05, 3.63) is 28.7 Å². The first-order chi connectivity index (χ1) is 12.8. The zero-order chi connectivity index (χ0) is 19.7. The van der Waals surface area contributed by atoms with Crippen LogP contribution in [-0.4, -0.2) is 68.8 Å². The molecule has 1 atom stereocenters. The van der Waals surface area contributed by atoms with Crippen LogP contribution in [0.3, 0.4) is 0 Å². The highest BCUT2D eigenvalue weighted by atomic mass is 16.2. The van der Waals surface area contributed by atoms with Gasteiger partial charge in [0.15, 0.2) is 5.82 Å². The van der Waals surface area contributed by atoms with Crippen molar-refractivity contribution in [2.75, 3.05) is 32.1 Å². The van der Waals surface area contributed by atoms with Crippen molar-refractivity contribution < 1.29 is 4.79 Å². The van der Waals surface area contributed by atoms with E-state index >= 15 is 0 Å². The quantitative estimate of drug-likeness (QED) is 0.822. The Morgan fingerprint density at radius 1 is 1.22 bits per heavy atom. The summed E-state index contributed by atoms with van der Waals surface area (Å²) in [5, 5.41) is 10.9. The average molecular weight is 372 g/mol. The van der Waals surface area contributed by atoms with Crippen molar-refractivity contribution in [1.82, 2.24) is 34.9 Å². The van der Waals surface area contributed by atoms with Crippen molar-refractivity contribution in [2.45, 2.75) is 39.8 Å². The Morgan fingerprint density at radius 2 is 1.96 bits per heavy atom. The number of carbonyl (C=O) groups is 1. The van der Waals surface area contributed by atoms with Gasteiger partial charge in [0.1, 0.15) is 11.6 Å². The fourth-order valence-electron chi connectivity index (χ4n) is 3.22. The van der Waals surface area contributed by atoms with Gasteiger partial charge >= 0.3 is 0 Å². The number of amides is 1. The second-order valence-electron chi connectivity index (χ2n) is 7.34. The van der Waals surface area contributed by atoms with Gasteiger partial charge in [-0.25, -0.2) is 9.97 Å². The lowest BCUT2D eigenvalue weighted by Gasteiger charge is -2.23. The molecule has 9 heteroatoms. The third-order valence-corrected chi connectivity index (χ3v) is 5.35. The number of aromatic nitrogens is 5. The van der Waals surface area contributed by atoms with Crippen LogP contribution in [0.1, 0.15) is 39.9 Å². The summed E-state index contributed by atoms with van der Waals surface area (Å²) in [6.07, 6.45) is 1.09. The van der Waals surface area contributed by atoms with Gasteiger partial charge in [0, 0.05) is 37.4 Å². The van der Waals surface area contributed by atoms with Gasteiger partial charge in [-0.05, 0) is 41.3 Å². The maximum atomic E-state index is 12.6. The van der Waals surface area contributed by atoms with Crippen LogP contribution < -0.4 is 10.2 Å². The minimum atomic E-state index is -0.302. The van der Waals surface area contributed by atoms with Crippen molar-refractivity contribution >= 4 is 11.7 Å². The van der Waals surface area contributed by atoms with Crippen LogP contribution in [0.15, 0.2) is 0 Å². The van der Waals surface area contributed by atoms with E-state index in [9.17, 15) is 4.79 Å². The Bertz CT molecular complexity index is 844. The van der Waals surface area contributed by atoms with E-state index in [1.807, 2.05) is 32.4 Å². The van der Waals surface area contributed by atoms with Crippen LogP contribution in [0.25, 0.3) is 0 Å². The van der Waals surface area contributed by atoms with E-state index in [1.165, 1.54) is 0 Å². The molecule has 9 nitrogen and oxygen atoms in total. The molecule has 0 radical (unpaired) electrons. The molecule has 1 N–H and O–H groups in total. The number of nitrogens with zero attached hydrogens (tertiary/aromatic N) is 7. The Morgan fingerprint density at radius 3 is 2.56 bits per heavy atom. The number of carbonyl (C=O) groups excluding carboxylic acids is 1. The van der Waals surface area contributed by atoms with Crippen LogP contribution >= 0.6 is 0 Å². The minimum absolute atomic E-state index is 0.195. The normalized spacial score (nSPS) is 17.0. The maximum absolute atomic E-state index is 12.6. The molecule has 1 amide bonds. The molecule has 2 aromatic rings. The number of rotatable bonds is 5. The first-order valence-corrected chi connectivity index (χ1v) is 9.17. The molecule has 146 valence electrons. The van der Waals surface area contributed by atoms with E-state index in [4.69, 9.17) is 0 Å². The smallest absolute Gasteiger partial charge is 0.289 e. The molecule has 3 rings (SSSR count). The van der Waals surface area contributed by atoms with Gasteiger partial charge in [-0.2, -0.15) is 0 Å². The van der Waals surface area contributed by atoms with E-state index in [0.717, 1.165) is 42.4 Å². The fourth-order valence-corrected chi connectivity index (χ4v) is 3.22. The molecule has 0 saturated carbocycles. The largest absolute Gasteiger partial charge is 0.355 e. The summed E-state index contributed by atoms with van der Waals surface area (Å²) in [4.78, 5) is 26.1. The summed E-state index contributed by atoms with van der Waals surface area (Å²) in [6, 6.07) is 0.496. The molecule has 1 aliphatic heterocycles. The zero-order valence-corrected chi connectivity index (χ0v) is 16.9. The maximum Gasteiger partial charge on any atom is 0.289 e. The number of nitrogens with one attached hydrogen (secondary N) is 1. The summed E-state index contributed by atoms with van der Waals surface area (Å²) in [7, 11) is 6.06. The van der Waals surface area contributed by atoms with Crippen LogP contribution in [-0.2, 0) is 13.6 Å². The van der Waals surface area contributed by atoms with Crippen LogP contribution in [0.2, 0.25) is 0 Å². The number of aryl methyl sites for hydroxylation is 2. The lowest BCUT2D eigenvalue weighted by atomic mass is 10.2.